The third-order valence-corrected chi connectivity index (χ3v) is 2.36. The Hall–Kier alpha value is -1.73. The minimum absolute atomic E-state index is 0.0345. The van der Waals surface area contributed by atoms with E-state index >= 15 is 0 Å². The highest BCUT2D eigenvalue weighted by atomic mass is 19.1. The Morgan fingerprint density at radius 1 is 1.15 bits per heavy atom. The van der Waals surface area contributed by atoms with Crippen molar-refractivity contribution >= 4 is 5.97 Å². The van der Waals surface area contributed by atoms with Crippen LogP contribution >= 0.6 is 0 Å². The first kappa shape index (κ1) is 16.3. The number of methoxy groups -OCH3 is 1. The van der Waals surface area contributed by atoms with Crippen LogP contribution in [-0.4, -0.2) is 44.6 Å². The zero-order chi connectivity index (χ0) is 15.0. The number of aromatic carboxylic acids is 1. The minimum atomic E-state index is -1.41. The number of benzene rings is 1. The lowest BCUT2D eigenvalue weighted by Gasteiger charge is -2.09. The van der Waals surface area contributed by atoms with Gasteiger partial charge in [-0.15, -0.1) is 0 Å². The average Bonchev–Trinajstić information content (AvgIpc) is 2.40. The standard InChI is InChI=1S/C13H16F2O5/c1-18-3-2-4-19-5-6-20-12-10(14)7-9(13(16)17)8-11(12)15/h7-8H,2-6H2,1H3,(H,16,17). The quantitative estimate of drug-likeness (QED) is 0.705. The van der Waals surface area contributed by atoms with E-state index in [4.69, 9.17) is 19.3 Å². The second-order valence-electron chi connectivity index (χ2n) is 3.88. The second kappa shape index (κ2) is 8.44. The molecular weight excluding hydrogens is 274 g/mol. The van der Waals surface area contributed by atoms with Crippen LogP contribution in [0.2, 0.25) is 0 Å². The van der Waals surface area contributed by atoms with Crippen molar-refractivity contribution in [3.05, 3.63) is 29.3 Å². The van der Waals surface area contributed by atoms with Crippen LogP contribution < -0.4 is 4.74 Å². The molecule has 0 heterocycles. The van der Waals surface area contributed by atoms with Crippen LogP contribution in [0.15, 0.2) is 12.1 Å². The van der Waals surface area contributed by atoms with Gasteiger partial charge in [-0.2, -0.15) is 0 Å². The Labute approximate surface area is 115 Å². The summed E-state index contributed by atoms with van der Waals surface area (Å²) in [5.74, 6) is -4.12. The predicted octanol–water partition coefficient (Wildman–Crippen LogP) is 2.09. The number of hydrogen-bond acceptors (Lipinski definition) is 4. The van der Waals surface area contributed by atoms with E-state index in [0.717, 1.165) is 0 Å². The van der Waals surface area contributed by atoms with Gasteiger partial charge in [0.05, 0.1) is 12.2 Å². The van der Waals surface area contributed by atoms with Crippen molar-refractivity contribution in [1.29, 1.82) is 0 Å². The Morgan fingerprint density at radius 3 is 2.35 bits per heavy atom. The molecular formula is C13H16F2O5. The van der Waals surface area contributed by atoms with Gasteiger partial charge in [0.25, 0.3) is 0 Å². The minimum Gasteiger partial charge on any atom is -0.485 e. The molecule has 0 aliphatic rings. The fourth-order valence-electron chi connectivity index (χ4n) is 1.43. The first-order chi connectivity index (χ1) is 9.56. The molecule has 5 nitrogen and oxygen atoms in total. The van der Waals surface area contributed by atoms with E-state index in [1.807, 2.05) is 0 Å². The van der Waals surface area contributed by atoms with Gasteiger partial charge in [-0.25, -0.2) is 13.6 Å². The van der Waals surface area contributed by atoms with Gasteiger partial charge in [-0.05, 0) is 18.6 Å². The summed E-state index contributed by atoms with van der Waals surface area (Å²) in [6.45, 7) is 1.16. The Balaban J connectivity index is 2.42. The topological polar surface area (TPSA) is 65.0 Å². The van der Waals surface area contributed by atoms with E-state index in [-0.39, 0.29) is 13.2 Å². The first-order valence-electron chi connectivity index (χ1n) is 5.98. The molecule has 0 atom stereocenters. The fourth-order valence-corrected chi connectivity index (χ4v) is 1.43. The highest BCUT2D eigenvalue weighted by molar-refractivity contribution is 5.87. The van der Waals surface area contributed by atoms with E-state index in [1.165, 1.54) is 0 Å². The number of hydrogen-bond donors (Lipinski definition) is 1. The van der Waals surface area contributed by atoms with E-state index in [1.54, 1.807) is 7.11 Å². The molecule has 20 heavy (non-hydrogen) atoms. The molecule has 7 heteroatoms. The molecule has 0 fully saturated rings. The van der Waals surface area contributed by atoms with E-state index in [9.17, 15) is 13.6 Å². The number of carboxylic acid groups (broad SMARTS) is 1. The van der Waals surface area contributed by atoms with Crippen LogP contribution in [0.4, 0.5) is 8.78 Å². The van der Waals surface area contributed by atoms with Crippen LogP contribution in [0.25, 0.3) is 0 Å². The van der Waals surface area contributed by atoms with Gasteiger partial charge in [0, 0.05) is 20.3 Å². The van der Waals surface area contributed by atoms with Gasteiger partial charge < -0.3 is 19.3 Å². The molecule has 0 aliphatic carbocycles. The lowest BCUT2D eigenvalue weighted by Crippen LogP contribution is -2.11. The molecule has 0 aliphatic heterocycles. The lowest BCUT2D eigenvalue weighted by atomic mass is 10.2. The van der Waals surface area contributed by atoms with Crippen molar-refractivity contribution < 1.29 is 32.9 Å². The van der Waals surface area contributed by atoms with E-state index < -0.39 is 28.9 Å². The lowest BCUT2D eigenvalue weighted by molar-refractivity contribution is 0.0693. The average molecular weight is 290 g/mol. The monoisotopic (exact) mass is 290 g/mol. The molecule has 0 saturated carbocycles. The molecule has 1 aromatic rings. The van der Waals surface area contributed by atoms with Crippen LogP contribution in [0, 0.1) is 11.6 Å². The molecule has 0 saturated heterocycles. The summed E-state index contributed by atoms with van der Waals surface area (Å²) in [5, 5.41) is 8.64. The predicted molar refractivity (Wildman–Crippen MR) is 66.1 cm³/mol. The summed E-state index contributed by atoms with van der Waals surface area (Å²) >= 11 is 0. The van der Waals surface area contributed by atoms with Gasteiger partial charge >= 0.3 is 5.97 Å². The number of ether oxygens (including phenoxy) is 3. The summed E-state index contributed by atoms with van der Waals surface area (Å²) in [7, 11) is 1.58. The maximum Gasteiger partial charge on any atom is 0.335 e. The first-order valence-corrected chi connectivity index (χ1v) is 5.98. The fraction of sp³-hybridized carbons (Fsp3) is 0.462. The summed E-state index contributed by atoms with van der Waals surface area (Å²) < 4.78 is 41.8. The van der Waals surface area contributed by atoms with Gasteiger partial charge in [-0.1, -0.05) is 0 Å². The van der Waals surface area contributed by atoms with Gasteiger partial charge in [0.1, 0.15) is 6.61 Å². The van der Waals surface area contributed by atoms with Crippen LogP contribution in [0.1, 0.15) is 16.8 Å². The van der Waals surface area contributed by atoms with E-state index in [0.29, 0.717) is 31.8 Å². The van der Waals surface area contributed by atoms with Crippen molar-refractivity contribution in [1.82, 2.24) is 0 Å². The molecule has 0 bridgehead atoms. The third-order valence-electron chi connectivity index (χ3n) is 2.36. The molecule has 1 rings (SSSR count). The highest BCUT2D eigenvalue weighted by Crippen LogP contribution is 2.23. The molecule has 0 spiro atoms. The maximum atomic E-state index is 13.5. The van der Waals surface area contributed by atoms with Crippen LogP contribution in [0.3, 0.4) is 0 Å². The van der Waals surface area contributed by atoms with Crippen molar-refractivity contribution in [3.8, 4) is 5.75 Å². The summed E-state index contributed by atoms with van der Waals surface area (Å²) in [6.07, 6.45) is 0.715. The van der Waals surface area contributed by atoms with Crippen LogP contribution in [-0.2, 0) is 9.47 Å². The summed E-state index contributed by atoms with van der Waals surface area (Å²) in [5.41, 5.74) is -0.469. The van der Waals surface area contributed by atoms with Crippen molar-refractivity contribution in [2.75, 3.05) is 33.5 Å². The van der Waals surface area contributed by atoms with Gasteiger partial charge in [0.15, 0.2) is 17.4 Å². The molecule has 0 amide bonds. The zero-order valence-electron chi connectivity index (χ0n) is 11.0. The third kappa shape index (κ3) is 5.10. The molecule has 0 radical (unpaired) electrons. The highest BCUT2D eigenvalue weighted by Gasteiger charge is 2.15. The Kier molecular flexibility index (Phi) is 6.89. The van der Waals surface area contributed by atoms with Gasteiger partial charge in [0.2, 0.25) is 0 Å². The zero-order valence-corrected chi connectivity index (χ0v) is 11.0. The van der Waals surface area contributed by atoms with Crippen molar-refractivity contribution in [2.45, 2.75) is 6.42 Å². The Morgan fingerprint density at radius 2 is 1.80 bits per heavy atom. The molecule has 1 aromatic carbocycles. The summed E-state index contributed by atoms with van der Waals surface area (Å²) in [4.78, 5) is 10.6. The maximum absolute atomic E-state index is 13.5. The molecule has 1 N–H and O–H groups in total. The largest absolute Gasteiger partial charge is 0.485 e. The second-order valence-corrected chi connectivity index (χ2v) is 3.88. The smallest absolute Gasteiger partial charge is 0.335 e. The number of carboxylic acids is 1. The number of halogens is 2. The van der Waals surface area contributed by atoms with Crippen molar-refractivity contribution in [2.24, 2.45) is 0 Å². The molecule has 0 aromatic heterocycles. The van der Waals surface area contributed by atoms with Crippen molar-refractivity contribution in [3.63, 3.8) is 0 Å². The summed E-state index contributed by atoms with van der Waals surface area (Å²) in [6, 6.07) is 1.42. The normalized spacial score (nSPS) is 10.6. The Bertz CT molecular complexity index is 427. The SMILES string of the molecule is COCCCOCCOc1c(F)cc(C(=O)O)cc1F. The molecule has 0 unspecified atom stereocenters. The van der Waals surface area contributed by atoms with Crippen LogP contribution in [0.5, 0.6) is 5.75 Å². The molecule has 112 valence electrons. The van der Waals surface area contributed by atoms with Gasteiger partial charge in [-0.3, -0.25) is 0 Å². The van der Waals surface area contributed by atoms with E-state index in [2.05, 4.69) is 0 Å². The number of carbonyl (C=O) groups is 1. The number of rotatable bonds is 9.